The number of thioether (sulfide) groups is 1. The fraction of sp³-hybridized carbons (Fsp3) is 0.294. The number of halogens is 1. The number of nitrogens with two attached hydrogens (primary N) is 1. The fourth-order valence-electron chi connectivity index (χ4n) is 2.25. The molecule has 0 aliphatic rings. The van der Waals surface area contributed by atoms with Crippen molar-refractivity contribution in [2.45, 2.75) is 25.0 Å². The molecule has 0 bridgehead atoms. The molecule has 26 heavy (non-hydrogen) atoms. The normalized spacial score (nSPS) is 10.5. The van der Waals surface area contributed by atoms with Gasteiger partial charge in [0.05, 0.1) is 5.75 Å². The molecule has 2 aromatic rings. The minimum Gasteiger partial charge on any atom is -0.370 e. The van der Waals surface area contributed by atoms with Crippen LogP contribution in [0.1, 0.15) is 12.2 Å². The molecule has 2 amide bonds. The minimum atomic E-state index is -0.515. The van der Waals surface area contributed by atoms with Crippen molar-refractivity contribution in [3.8, 4) is 0 Å². The van der Waals surface area contributed by atoms with E-state index in [2.05, 4.69) is 16.8 Å². The van der Waals surface area contributed by atoms with Crippen LogP contribution < -0.4 is 10.6 Å². The first kappa shape index (κ1) is 19.6. The third-order valence-corrected chi connectivity index (χ3v) is 4.51. The summed E-state index contributed by atoms with van der Waals surface area (Å²) in [6, 6.07) is 5.50. The Kier molecular flexibility index (Phi) is 6.90. The Bertz CT molecular complexity index is 791. The van der Waals surface area contributed by atoms with E-state index >= 15 is 0 Å². The molecule has 0 radical (unpaired) electrons. The van der Waals surface area contributed by atoms with Crippen molar-refractivity contribution in [3.05, 3.63) is 48.6 Å². The van der Waals surface area contributed by atoms with Crippen LogP contribution in [0.3, 0.4) is 0 Å². The Morgan fingerprint density at radius 2 is 2.04 bits per heavy atom. The Morgan fingerprint density at radius 3 is 2.65 bits per heavy atom. The summed E-state index contributed by atoms with van der Waals surface area (Å²) in [5.74, 6) is -0.347. The maximum absolute atomic E-state index is 13.1. The number of anilines is 1. The second kappa shape index (κ2) is 9.14. The number of primary amides is 1. The van der Waals surface area contributed by atoms with E-state index in [-0.39, 0.29) is 24.6 Å². The van der Waals surface area contributed by atoms with Crippen molar-refractivity contribution >= 4 is 29.3 Å². The van der Waals surface area contributed by atoms with Gasteiger partial charge in [0, 0.05) is 25.2 Å². The predicted molar refractivity (Wildman–Crippen MR) is 98.2 cm³/mol. The molecule has 138 valence electrons. The molecule has 2 rings (SSSR count). The molecule has 0 atom stereocenters. The van der Waals surface area contributed by atoms with Crippen LogP contribution in [-0.4, -0.2) is 38.9 Å². The number of hydrogen-bond donors (Lipinski definition) is 1. The first-order valence-corrected chi connectivity index (χ1v) is 8.88. The number of carbonyl (C=O) groups excluding carboxylic acids is 2. The summed E-state index contributed by atoms with van der Waals surface area (Å²) in [5.41, 5.74) is 5.69. The van der Waals surface area contributed by atoms with Gasteiger partial charge in [-0.2, -0.15) is 0 Å². The van der Waals surface area contributed by atoms with Gasteiger partial charge < -0.3 is 15.2 Å². The molecule has 7 nitrogen and oxygen atoms in total. The van der Waals surface area contributed by atoms with Gasteiger partial charge in [-0.15, -0.1) is 16.8 Å². The van der Waals surface area contributed by atoms with Crippen molar-refractivity contribution in [2.75, 3.05) is 17.2 Å². The lowest BCUT2D eigenvalue weighted by molar-refractivity contribution is -0.118. The molecule has 0 aliphatic carbocycles. The number of nitrogens with zero attached hydrogens (tertiary/aromatic N) is 4. The van der Waals surface area contributed by atoms with Crippen LogP contribution in [0.4, 0.5) is 10.1 Å². The van der Waals surface area contributed by atoms with E-state index < -0.39 is 11.7 Å². The smallest absolute Gasteiger partial charge is 0.237 e. The summed E-state index contributed by atoms with van der Waals surface area (Å²) in [6.07, 6.45) is 1.74. The maximum Gasteiger partial charge on any atom is 0.237 e. The van der Waals surface area contributed by atoms with E-state index in [1.165, 1.54) is 40.9 Å². The van der Waals surface area contributed by atoms with Gasteiger partial charge in [0.15, 0.2) is 5.16 Å². The molecule has 1 heterocycles. The van der Waals surface area contributed by atoms with Gasteiger partial charge in [-0.3, -0.25) is 9.59 Å². The molecule has 2 N–H and O–H groups in total. The third kappa shape index (κ3) is 5.16. The summed E-state index contributed by atoms with van der Waals surface area (Å²) in [7, 11) is 0. The number of amides is 2. The van der Waals surface area contributed by atoms with Crippen molar-refractivity contribution in [1.29, 1.82) is 0 Å². The SMILES string of the molecule is C=CCn1c(C)nnc1SCC(=O)N(CCC(N)=O)c1ccc(F)cc1. The molecular formula is C17H20FN5O2S. The van der Waals surface area contributed by atoms with Crippen LogP contribution in [0.5, 0.6) is 0 Å². The zero-order valence-electron chi connectivity index (χ0n) is 14.4. The summed E-state index contributed by atoms with van der Waals surface area (Å²) in [4.78, 5) is 25.2. The first-order chi connectivity index (χ1) is 12.4. The van der Waals surface area contributed by atoms with Crippen LogP contribution in [-0.2, 0) is 16.1 Å². The number of rotatable bonds is 9. The van der Waals surface area contributed by atoms with Gasteiger partial charge in [-0.25, -0.2) is 4.39 Å². The summed E-state index contributed by atoms with van der Waals surface area (Å²) in [6.45, 7) is 6.18. The summed E-state index contributed by atoms with van der Waals surface area (Å²) < 4.78 is 15.0. The fourth-order valence-corrected chi connectivity index (χ4v) is 3.12. The second-order valence-corrected chi connectivity index (χ2v) is 6.40. The van der Waals surface area contributed by atoms with Crippen LogP contribution in [0, 0.1) is 12.7 Å². The highest BCUT2D eigenvalue weighted by Gasteiger charge is 2.19. The van der Waals surface area contributed by atoms with Crippen molar-refractivity contribution in [2.24, 2.45) is 5.73 Å². The monoisotopic (exact) mass is 377 g/mol. The standard InChI is InChI=1S/C17H20FN5O2S/c1-3-9-22-12(2)20-21-17(22)26-11-16(25)23(10-8-15(19)24)14-6-4-13(18)5-7-14/h3-7H,1,8-11H2,2H3,(H2,19,24). The first-order valence-electron chi connectivity index (χ1n) is 7.90. The Labute approximate surface area is 155 Å². The van der Waals surface area contributed by atoms with Crippen LogP contribution in [0.25, 0.3) is 0 Å². The number of hydrogen-bond acceptors (Lipinski definition) is 5. The van der Waals surface area contributed by atoms with Crippen molar-refractivity contribution in [1.82, 2.24) is 14.8 Å². The topological polar surface area (TPSA) is 94.1 Å². The average Bonchev–Trinajstić information content (AvgIpc) is 2.95. The van der Waals surface area contributed by atoms with Gasteiger partial charge in [-0.05, 0) is 31.2 Å². The second-order valence-electron chi connectivity index (χ2n) is 5.46. The van der Waals surface area contributed by atoms with Crippen molar-refractivity contribution in [3.63, 3.8) is 0 Å². The third-order valence-electron chi connectivity index (χ3n) is 3.56. The number of aryl methyl sites for hydroxylation is 1. The zero-order chi connectivity index (χ0) is 19.1. The minimum absolute atomic E-state index is 0.0134. The van der Waals surface area contributed by atoms with Crippen LogP contribution in [0.2, 0.25) is 0 Å². The highest BCUT2D eigenvalue weighted by Crippen LogP contribution is 2.21. The molecule has 0 saturated carbocycles. The maximum atomic E-state index is 13.1. The summed E-state index contributed by atoms with van der Waals surface area (Å²) >= 11 is 1.24. The molecule has 0 fully saturated rings. The molecule has 1 aromatic carbocycles. The van der Waals surface area contributed by atoms with Crippen LogP contribution >= 0.6 is 11.8 Å². The summed E-state index contributed by atoms with van der Waals surface area (Å²) in [5, 5.41) is 8.66. The molecule has 0 aliphatic heterocycles. The Morgan fingerprint density at radius 1 is 1.35 bits per heavy atom. The molecular weight excluding hydrogens is 357 g/mol. The predicted octanol–water partition coefficient (Wildman–Crippen LogP) is 1.91. The van der Waals surface area contributed by atoms with Gasteiger partial charge in [-0.1, -0.05) is 17.8 Å². The molecule has 0 saturated heterocycles. The van der Waals surface area contributed by atoms with Gasteiger partial charge in [0.1, 0.15) is 11.6 Å². The molecule has 0 spiro atoms. The average molecular weight is 377 g/mol. The Hall–Kier alpha value is -2.68. The lowest BCUT2D eigenvalue weighted by atomic mass is 10.2. The molecule has 1 aromatic heterocycles. The largest absolute Gasteiger partial charge is 0.370 e. The number of carbonyl (C=O) groups is 2. The number of benzene rings is 1. The van der Waals surface area contributed by atoms with E-state index in [1.54, 1.807) is 6.08 Å². The number of allylic oxidation sites excluding steroid dienone is 1. The van der Waals surface area contributed by atoms with E-state index in [1.807, 2.05) is 11.5 Å². The van der Waals surface area contributed by atoms with E-state index in [4.69, 9.17) is 5.73 Å². The lowest BCUT2D eigenvalue weighted by Gasteiger charge is -2.22. The van der Waals surface area contributed by atoms with Crippen LogP contribution in [0.15, 0.2) is 42.1 Å². The Balaban J connectivity index is 2.12. The lowest BCUT2D eigenvalue weighted by Crippen LogP contribution is -2.35. The molecule has 0 unspecified atom stereocenters. The zero-order valence-corrected chi connectivity index (χ0v) is 15.2. The highest BCUT2D eigenvalue weighted by atomic mass is 32.2. The van der Waals surface area contributed by atoms with Crippen molar-refractivity contribution < 1.29 is 14.0 Å². The molecule has 9 heteroatoms. The highest BCUT2D eigenvalue weighted by molar-refractivity contribution is 7.99. The van der Waals surface area contributed by atoms with E-state index in [0.717, 1.165) is 5.82 Å². The number of aromatic nitrogens is 3. The van der Waals surface area contributed by atoms with Gasteiger partial charge >= 0.3 is 0 Å². The van der Waals surface area contributed by atoms with Gasteiger partial charge in [0.25, 0.3) is 0 Å². The van der Waals surface area contributed by atoms with E-state index in [9.17, 15) is 14.0 Å². The van der Waals surface area contributed by atoms with E-state index in [0.29, 0.717) is 17.4 Å². The van der Waals surface area contributed by atoms with Gasteiger partial charge in [0.2, 0.25) is 11.8 Å². The quantitative estimate of drug-likeness (QED) is 0.532.